The Hall–Kier alpha value is -1.89. The quantitative estimate of drug-likeness (QED) is 0.422. The number of amides is 1. The number of carbonyl (C=O) groups is 1. The lowest BCUT2D eigenvalue weighted by molar-refractivity contribution is -0.126. The number of benzene rings is 2. The standard InChI is InChI=1S/C24H32ClNO4S/c1-2-3-4-5-6-7-24(28)26(31(29,30)23-14-12-22(25)13-15-23)18-16-20-8-10-21(11-9-20)17-19-27/h8-15,27H,2-7,16-19H2,1H3. The zero-order valence-electron chi connectivity index (χ0n) is 18.1. The molecule has 0 fully saturated rings. The Balaban J connectivity index is 2.14. The first-order chi connectivity index (χ1) is 14.9. The van der Waals surface area contributed by atoms with Crippen molar-refractivity contribution in [1.82, 2.24) is 4.31 Å². The van der Waals surface area contributed by atoms with Gasteiger partial charge in [-0.1, -0.05) is 68.5 Å². The van der Waals surface area contributed by atoms with E-state index in [9.17, 15) is 13.2 Å². The fourth-order valence-corrected chi connectivity index (χ4v) is 4.90. The summed E-state index contributed by atoms with van der Waals surface area (Å²) in [5.74, 6) is -0.372. The Bertz CT molecular complexity index is 912. The number of halogens is 1. The maximum atomic E-state index is 13.2. The van der Waals surface area contributed by atoms with Crippen LogP contribution in [-0.4, -0.2) is 36.9 Å². The monoisotopic (exact) mass is 465 g/mol. The molecule has 31 heavy (non-hydrogen) atoms. The second-order valence-corrected chi connectivity index (χ2v) is 9.93. The van der Waals surface area contributed by atoms with E-state index in [-0.39, 0.29) is 30.4 Å². The summed E-state index contributed by atoms with van der Waals surface area (Å²) in [4.78, 5) is 13.0. The number of hydrogen-bond donors (Lipinski definition) is 1. The Morgan fingerprint density at radius 1 is 0.903 bits per heavy atom. The number of aliphatic hydroxyl groups is 1. The van der Waals surface area contributed by atoms with Gasteiger partial charge in [-0.15, -0.1) is 0 Å². The normalized spacial score (nSPS) is 11.5. The van der Waals surface area contributed by atoms with Crippen molar-refractivity contribution in [2.45, 2.75) is 63.2 Å². The van der Waals surface area contributed by atoms with E-state index in [0.717, 1.165) is 41.1 Å². The van der Waals surface area contributed by atoms with Crippen molar-refractivity contribution in [2.24, 2.45) is 0 Å². The maximum absolute atomic E-state index is 13.2. The van der Waals surface area contributed by atoms with Crippen LogP contribution in [0.3, 0.4) is 0 Å². The van der Waals surface area contributed by atoms with Crippen molar-refractivity contribution in [2.75, 3.05) is 13.2 Å². The molecule has 0 radical (unpaired) electrons. The number of hydrogen-bond acceptors (Lipinski definition) is 4. The molecule has 7 heteroatoms. The molecule has 0 aromatic heterocycles. The van der Waals surface area contributed by atoms with Crippen LogP contribution in [0.2, 0.25) is 5.02 Å². The fraction of sp³-hybridized carbons (Fsp3) is 0.458. The highest BCUT2D eigenvalue weighted by atomic mass is 35.5. The summed E-state index contributed by atoms with van der Waals surface area (Å²) >= 11 is 5.90. The van der Waals surface area contributed by atoms with Crippen LogP contribution in [0.1, 0.15) is 56.6 Å². The summed E-state index contributed by atoms with van der Waals surface area (Å²) in [6.07, 6.45) is 6.10. The number of aliphatic hydroxyl groups excluding tert-OH is 1. The van der Waals surface area contributed by atoms with E-state index in [1.54, 1.807) is 0 Å². The van der Waals surface area contributed by atoms with Crippen molar-refractivity contribution in [3.05, 3.63) is 64.7 Å². The molecule has 0 saturated carbocycles. The van der Waals surface area contributed by atoms with Gasteiger partial charge in [0.2, 0.25) is 5.91 Å². The molecule has 1 amide bonds. The van der Waals surface area contributed by atoms with Gasteiger partial charge in [0.25, 0.3) is 10.0 Å². The fourth-order valence-electron chi connectivity index (χ4n) is 3.35. The molecule has 0 atom stereocenters. The molecule has 0 saturated heterocycles. The predicted octanol–water partition coefficient (Wildman–Crippen LogP) is 5.00. The Morgan fingerprint density at radius 2 is 1.48 bits per heavy atom. The van der Waals surface area contributed by atoms with Gasteiger partial charge in [-0.05, 0) is 54.7 Å². The van der Waals surface area contributed by atoms with Gasteiger partial charge < -0.3 is 5.11 Å². The van der Waals surface area contributed by atoms with Crippen LogP contribution in [0.5, 0.6) is 0 Å². The van der Waals surface area contributed by atoms with Gasteiger partial charge >= 0.3 is 0 Å². The highest BCUT2D eigenvalue weighted by Crippen LogP contribution is 2.21. The van der Waals surface area contributed by atoms with Crippen LogP contribution in [0, 0.1) is 0 Å². The van der Waals surface area contributed by atoms with Crippen LogP contribution in [0.25, 0.3) is 0 Å². The summed E-state index contributed by atoms with van der Waals surface area (Å²) in [7, 11) is -3.96. The van der Waals surface area contributed by atoms with Gasteiger partial charge in [0.1, 0.15) is 0 Å². The van der Waals surface area contributed by atoms with Crippen molar-refractivity contribution < 1.29 is 18.3 Å². The lowest BCUT2D eigenvalue weighted by Crippen LogP contribution is -2.38. The summed E-state index contributed by atoms with van der Waals surface area (Å²) in [5, 5.41) is 9.48. The summed E-state index contributed by atoms with van der Waals surface area (Å²) in [6, 6.07) is 13.5. The van der Waals surface area contributed by atoms with Crippen LogP contribution in [-0.2, 0) is 27.7 Å². The van der Waals surface area contributed by atoms with Gasteiger partial charge in [-0.3, -0.25) is 4.79 Å². The molecule has 0 spiro atoms. The largest absolute Gasteiger partial charge is 0.396 e. The molecule has 2 aromatic rings. The second kappa shape index (κ2) is 12.8. The Labute approximate surface area is 191 Å². The van der Waals surface area contributed by atoms with Crippen LogP contribution >= 0.6 is 11.6 Å². The summed E-state index contributed by atoms with van der Waals surface area (Å²) < 4.78 is 27.4. The van der Waals surface area contributed by atoms with E-state index >= 15 is 0 Å². The number of carbonyl (C=O) groups excluding carboxylic acids is 1. The van der Waals surface area contributed by atoms with Crippen LogP contribution in [0.4, 0.5) is 0 Å². The first-order valence-corrected chi connectivity index (χ1v) is 12.7. The molecule has 0 heterocycles. The SMILES string of the molecule is CCCCCCCC(=O)N(CCc1ccc(CCO)cc1)S(=O)(=O)c1ccc(Cl)cc1. The lowest BCUT2D eigenvalue weighted by Gasteiger charge is -2.23. The Morgan fingerprint density at radius 3 is 2.06 bits per heavy atom. The van der Waals surface area contributed by atoms with E-state index in [1.807, 2.05) is 24.3 Å². The molecule has 2 rings (SSSR count). The molecular formula is C24H32ClNO4S. The zero-order chi connectivity index (χ0) is 22.7. The maximum Gasteiger partial charge on any atom is 0.266 e. The first-order valence-electron chi connectivity index (χ1n) is 10.9. The molecule has 0 aliphatic carbocycles. The molecule has 0 aliphatic heterocycles. The molecule has 2 aromatic carbocycles. The van der Waals surface area contributed by atoms with Gasteiger partial charge in [-0.2, -0.15) is 0 Å². The van der Waals surface area contributed by atoms with Crippen molar-refractivity contribution >= 4 is 27.5 Å². The van der Waals surface area contributed by atoms with E-state index in [2.05, 4.69) is 6.92 Å². The molecule has 0 bridgehead atoms. The minimum absolute atomic E-state index is 0.0644. The molecule has 0 aliphatic rings. The molecular weight excluding hydrogens is 434 g/mol. The number of nitrogens with zero attached hydrogens (tertiary/aromatic N) is 1. The average Bonchev–Trinajstić information content (AvgIpc) is 2.75. The highest BCUT2D eigenvalue weighted by molar-refractivity contribution is 7.89. The van der Waals surface area contributed by atoms with E-state index in [0.29, 0.717) is 24.3 Å². The van der Waals surface area contributed by atoms with Gasteiger partial charge in [-0.25, -0.2) is 12.7 Å². The molecule has 5 nitrogen and oxygen atoms in total. The van der Waals surface area contributed by atoms with Gasteiger partial charge in [0, 0.05) is 24.6 Å². The van der Waals surface area contributed by atoms with Crippen molar-refractivity contribution in [3.63, 3.8) is 0 Å². The summed E-state index contributed by atoms with van der Waals surface area (Å²) in [6.45, 7) is 2.29. The molecule has 170 valence electrons. The highest BCUT2D eigenvalue weighted by Gasteiger charge is 2.28. The third-order valence-electron chi connectivity index (χ3n) is 5.20. The zero-order valence-corrected chi connectivity index (χ0v) is 19.7. The third-order valence-corrected chi connectivity index (χ3v) is 7.29. The predicted molar refractivity (Wildman–Crippen MR) is 125 cm³/mol. The minimum atomic E-state index is -3.96. The third kappa shape index (κ3) is 7.95. The Kier molecular flexibility index (Phi) is 10.5. The minimum Gasteiger partial charge on any atom is -0.396 e. The smallest absolute Gasteiger partial charge is 0.266 e. The van der Waals surface area contributed by atoms with Gasteiger partial charge in [0.05, 0.1) is 4.90 Å². The second-order valence-electron chi connectivity index (χ2n) is 7.63. The van der Waals surface area contributed by atoms with E-state index < -0.39 is 10.0 Å². The number of unbranched alkanes of at least 4 members (excludes halogenated alkanes) is 4. The molecule has 0 unspecified atom stereocenters. The molecule has 1 N–H and O–H groups in total. The summed E-state index contributed by atoms with van der Waals surface area (Å²) in [5.41, 5.74) is 1.95. The van der Waals surface area contributed by atoms with E-state index in [4.69, 9.17) is 16.7 Å². The van der Waals surface area contributed by atoms with Crippen molar-refractivity contribution in [3.8, 4) is 0 Å². The van der Waals surface area contributed by atoms with Crippen LogP contribution < -0.4 is 0 Å². The van der Waals surface area contributed by atoms with E-state index in [1.165, 1.54) is 24.3 Å². The number of rotatable bonds is 13. The topological polar surface area (TPSA) is 74.7 Å². The van der Waals surface area contributed by atoms with Gasteiger partial charge in [0.15, 0.2) is 0 Å². The number of sulfonamides is 1. The van der Waals surface area contributed by atoms with Crippen LogP contribution in [0.15, 0.2) is 53.4 Å². The first kappa shape index (κ1) is 25.4. The van der Waals surface area contributed by atoms with Crippen molar-refractivity contribution in [1.29, 1.82) is 0 Å². The average molecular weight is 466 g/mol. The lowest BCUT2D eigenvalue weighted by atomic mass is 10.1.